The molecule has 2 rings (SSSR count). The zero-order valence-electron chi connectivity index (χ0n) is 10.4. The third kappa shape index (κ3) is 2.90. The normalized spacial score (nSPS) is 12.6. The van der Waals surface area contributed by atoms with E-state index >= 15 is 0 Å². The van der Waals surface area contributed by atoms with Crippen molar-refractivity contribution in [1.82, 2.24) is 14.1 Å². The van der Waals surface area contributed by atoms with Crippen LogP contribution in [0.2, 0.25) is 0 Å². The fourth-order valence-corrected chi connectivity index (χ4v) is 2.52. The number of benzene rings is 1. The lowest BCUT2D eigenvalue weighted by Crippen LogP contribution is -2.22. The fraction of sp³-hybridized carbons (Fsp3) is 0.385. The van der Waals surface area contributed by atoms with Crippen molar-refractivity contribution in [2.24, 2.45) is 0 Å². The van der Waals surface area contributed by atoms with Crippen LogP contribution in [0.15, 0.2) is 24.4 Å². The van der Waals surface area contributed by atoms with Crippen molar-refractivity contribution < 1.29 is 0 Å². The van der Waals surface area contributed by atoms with E-state index in [2.05, 4.69) is 53.0 Å². The molecule has 0 bridgehead atoms. The van der Waals surface area contributed by atoms with Gasteiger partial charge in [0, 0.05) is 0 Å². The average molecular weight is 247 g/mol. The first-order valence-electron chi connectivity index (χ1n) is 5.79. The Labute approximate surface area is 106 Å². The Hall–Kier alpha value is -1.26. The van der Waals surface area contributed by atoms with Gasteiger partial charge in [-0.2, -0.15) is 8.75 Å². The smallest absolute Gasteiger partial charge is 0.0957 e. The van der Waals surface area contributed by atoms with Crippen LogP contribution in [-0.4, -0.2) is 15.3 Å². The van der Waals surface area contributed by atoms with E-state index in [4.69, 9.17) is 0 Å². The molecule has 0 saturated heterocycles. The molecule has 1 heterocycles. The molecular formula is C13H17N3S. The van der Waals surface area contributed by atoms with E-state index in [9.17, 15) is 0 Å². The average Bonchev–Trinajstić information content (AvgIpc) is 2.77. The molecule has 17 heavy (non-hydrogen) atoms. The van der Waals surface area contributed by atoms with Gasteiger partial charge in [0.1, 0.15) is 0 Å². The van der Waals surface area contributed by atoms with E-state index in [0.29, 0.717) is 0 Å². The zero-order chi connectivity index (χ0) is 12.3. The van der Waals surface area contributed by atoms with Gasteiger partial charge in [-0.05, 0) is 26.0 Å². The predicted octanol–water partition coefficient (Wildman–Crippen LogP) is 2.85. The van der Waals surface area contributed by atoms with Crippen molar-refractivity contribution in [3.63, 3.8) is 0 Å². The van der Waals surface area contributed by atoms with E-state index in [-0.39, 0.29) is 6.04 Å². The van der Waals surface area contributed by atoms with E-state index in [0.717, 1.165) is 12.2 Å². The summed E-state index contributed by atoms with van der Waals surface area (Å²) < 4.78 is 8.43. The van der Waals surface area contributed by atoms with Gasteiger partial charge in [-0.3, -0.25) is 0 Å². The van der Waals surface area contributed by atoms with Crippen LogP contribution in [-0.2, 0) is 0 Å². The molecule has 4 heteroatoms. The third-order valence-corrected chi connectivity index (χ3v) is 3.15. The first-order chi connectivity index (χ1) is 8.20. The van der Waals surface area contributed by atoms with Crippen LogP contribution in [0.4, 0.5) is 0 Å². The number of aromatic nitrogens is 2. The number of nitrogens with zero attached hydrogens (tertiary/aromatic N) is 2. The van der Waals surface area contributed by atoms with Crippen molar-refractivity contribution in [3.8, 4) is 0 Å². The molecule has 1 aromatic heterocycles. The summed E-state index contributed by atoms with van der Waals surface area (Å²) in [5, 5.41) is 3.46. The van der Waals surface area contributed by atoms with E-state index < -0.39 is 0 Å². The van der Waals surface area contributed by atoms with Gasteiger partial charge in [0.05, 0.1) is 29.7 Å². The molecular weight excluding hydrogens is 230 g/mol. The molecule has 1 aromatic carbocycles. The molecule has 0 aliphatic heterocycles. The maximum absolute atomic E-state index is 4.34. The topological polar surface area (TPSA) is 37.8 Å². The number of hydrogen-bond donors (Lipinski definition) is 1. The van der Waals surface area contributed by atoms with Crippen molar-refractivity contribution in [1.29, 1.82) is 0 Å². The van der Waals surface area contributed by atoms with Gasteiger partial charge < -0.3 is 5.32 Å². The molecule has 0 amide bonds. The molecule has 1 N–H and O–H groups in total. The van der Waals surface area contributed by atoms with Crippen LogP contribution >= 0.6 is 11.7 Å². The Bertz CT molecular complexity index is 459. The van der Waals surface area contributed by atoms with E-state index in [1.807, 2.05) is 6.20 Å². The summed E-state index contributed by atoms with van der Waals surface area (Å²) in [7, 11) is 0. The van der Waals surface area contributed by atoms with Gasteiger partial charge in [-0.25, -0.2) is 0 Å². The number of rotatable bonds is 4. The molecule has 1 unspecified atom stereocenters. The maximum Gasteiger partial charge on any atom is 0.0957 e. The van der Waals surface area contributed by atoms with Gasteiger partial charge in [0.2, 0.25) is 0 Å². The Morgan fingerprint density at radius 2 is 1.94 bits per heavy atom. The van der Waals surface area contributed by atoms with Gasteiger partial charge in [-0.15, -0.1) is 0 Å². The molecule has 90 valence electrons. The van der Waals surface area contributed by atoms with Crippen LogP contribution < -0.4 is 5.32 Å². The Morgan fingerprint density at radius 3 is 2.47 bits per heavy atom. The fourth-order valence-electron chi connectivity index (χ4n) is 2.07. The van der Waals surface area contributed by atoms with Crippen LogP contribution in [0.1, 0.15) is 35.3 Å². The zero-order valence-corrected chi connectivity index (χ0v) is 11.2. The second-order valence-corrected chi connectivity index (χ2v) is 4.80. The quantitative estimate of drug-likeness (QED) is 0.902. The van der Waals surface area contributed by atoms with Crippen LogP contribution in [0, 0.1) is 13.8 Å². The SMILES string of the molecule is CCNC(c1cc(C)cc(C)c1)c1cnsn1. The highest BCUT2D eigenvalue weighted by Crippen LogP contribution is 2.22. The lowest BCUT2D eigenvalue weighted by Gasteiger charge is -2.17. The lowest BCUT2D eigenvalue weighted by atomic mass is 9.99. The lowest BCUT2D eigenvalue weighted by molar-refractivity contribution is 0.619. The Kier molecular flexibility index (Phi) is 3.86. The first kappa shape index (κ1) is 12.2. The summed E-state index contributed by atoms with van der Waals surface area (Å²) in [5.41, 5.74) is 4.83. The van der Waals surface area contributed by atoms with Gasteiger partial charge in [0.15, 0.2) is 0 Å². The van der Waals surface area contributed by atoms with Gasteiger partial charge in [-0.1, -0.05) is 36.2 Å². The Balaban J connectivity index is 2.38. The summed E-state index contributed by atoms with van der Waals surface area (Å²) in [4.78, 5) is 0. The van der Waals surface area contributed by atoms with Crippen molar-refractivity contribution in [2.75, 3.05) is 6.54 Å². The first-order valence-corrected chi connectivity index (χ1v) is 6.52. The predicted molar refractivity (Wildman–Crippen MR) is 71.3 cm³/mol. The van der Waals surface area contributed by atoms with Crippen LogP contribution in [0.25, 0.3) is 0 Å². The van der Waals surface area contributed by atoms with E-state index in [1.165, 1.54) is 28.4 Å². The number of hydrogen-bond acceptors (Lipinski definition) is 4. The van der Waals surface area contributed by atoms with E-state index in [1.54, 1.807) is 0 Å². The monoisotopic (exact) mass is 247 g/mol. The highest BCUT2D eigenvalue weighted by molar-refractivity contribution is 6.99. The summed E-state index contributed by atoms with van der Waals surface area (Å²) >= 11 is 1.26. The summed E-state index contributed by atoms with van der Waals surface area (Å²) in [6.07, 6.45) is 1.84. The number of aryl methyl sites for hydroxylation is 2. The van der Waals surface area contributed by atoms with Crippen molar-refractivity contribution in [3.05, 3.63) is 46.8 Å². The van der Waals surface area contributed by atoms with Crippen LogP contribution in [0.3, 0.4) is 0 Å². The molecule has 0 aliphatic carbocycles. The highest BCUT2D eigenvalue weighted by Gasteiger charge is 2.15. The minimum Gasteiger partial charge on any atom is -0.305 e. The summed E-state index contributed by atoms with van der Waals surface area (Å²) in [6, 6.07) is 6.75. The molecule has 0 radical (unpaired) electrons. The molecule has 3 nitrogen and oxygen atoms in total. The largest absolute Gasteiger partial charge is 0.305 e. The standard InChI is InChI=1S/C13H17N3S/c1-4-14-13(12-8-15-17-16-12)11-6-9(2)5-10(3)7-11/h5-8,13-14H,4H2,1-3H3. The van der Waals surface area contributed by atoms with Crippen molar-refractivity contribution in [2.45, 2.75) is 26.8 Å². The number of nitrogens with one attached hydrogen (secondary N) is 1. The molecule has 0 spiro atoms. The molecule has 0 saturated carbocycles. The molecule has 1 atom stereocenters. The minimum atomic E-state index is 0.150. The van der Waals surface area contributed by atoms with Crippen molar-refractivity contribution >= 4 is 11.7 Å². The second-order valence-electron chi connectivity index (χ2n) is 4.24. The molecule has 0 fully saturated rings. The van der Waals surface area contributed by atoms with Gasteiger partial charge >= 0.3 is 0 Å². The molecule has 0 aliphatic rings. The van der Waals surface area contributed by atoms with Crippen LogP contribution in [0.5, 0.6) is 0 Å². The van der Waals surface area contributed by atoms with Gasteiger partial charge in [0.25, 0.3) is 0 Å². The maximum atomic E-state index is 4.34. The summed E-state index contributed by atoms with van der Waals surface area (Å²) in [6.45, 7) is 7.27. The second kappa shape index (κ2) is 5.38. The minimum absolute atomic E-state index is 0.150. The Morgan fingerprint density at radius 1 is 1.24 bits per heavy atom. The highest BCUT2D eigenvalue weighted by atomic mass is 32.1. The molecule has 2 aromatic rings. The third-order valence-electron chi connectivity index (χ3n) is 2.66. The summed E-state index contributed by atoms with van der Waals surface area (Å²) in [5.74, 6) is 0.